The molecule has 0 aliphatic heterocycles. The smallest absolute Gasteiger partial charge is 0.234 e. The summed E-state index contributed by atoms with van der Waals surface area (Å²) in [6, 6.07) is 9.73. The average Bonchev–Trinajstić information content (AvgIpc) is 2.32. The van der Waals surface area contributed by atoms with Crippen LogP contribution in [0, 0.1) is 0 Å². The minimum atomic E-state index is -0.601. The van der Waals surface area contributed by atoms with E-state index < -0.39 is 5.41 Å². The first-order valence-electron chi connectivity index (χ1n) is 5.12. The zero-order valence-electron chi connectivity index (χ0n) is 9.29. The van der Waals surface area contributed by atoms with Gasteiger partial charge in [-0.15, -0.1) is 6.58 Å². The number of carbonyl (C=O) groups is 1. The van der Waals surface area contributed by atoms with Crippen molar-refractivity contribution in [2.24, 2.45) is 0 Å². The Labute approximate surface area is 91.0 Å². The molecule has 0 bridgehead atoms. The van der Waals surface area contributed by atoms with Gasteiger partial charge in [-0.1, -0.05) is 43.3 Å². The van der Waals surface area contributed by atoms with Crippen molar-refractivity contribution >= 4 is 5.91 Å². The molecule has 2 heteroatoms. The van der Waals surface area contributed by atoms with Crippen LogP contribution in [0.25, 0.3) is 0 Å². The number of amides is 1. The highest BCUT2D eigenvalue weighted by Gasteiger charge is 2.34. The highest BCUT2D eigenvalue weighted by Crippen LogP contribution is 2.29. The van der Waals surface area contributed by atoms with Crippen molar-refractivity contribution in [1.29, 1.82) is 0 Å². The summed E-state index contributed by atoms with van der Waals surface area (Å²) >= 11 is 0. The predicted molar refractivity (Wildman–Crippen MR) is 62.7 cm³/mol. The standard InChI is InChI=1S/C13H17NO/c1-4-13(5-2,12(15)14-3)11-9-7-6-8-10-11/h4,6-10H,1,5H2,2-3H3,(H,14,15)/t13-/m1/s1. The Morgan fingerprint density at radius 1 is 1.47 bits per heavy atom. The van der Waals surface area contributed by atoms with Crippen LogP contribution in [0.1, 0.15) is 18.9 Å². The Morgan fingerprint density at radius 3 is 2.47 bits per heavy atom. The summed E-state index contributed by atoms with van der Waals surface area (Å²) in [5, 5.41) is 2.70. The molecule has 1 rings (SSSR count). The maximum absolute atomic E-state index is 11.9. The SMILES string of the molecule is C=C[C@](CC)(C(=O)NC)c1ccccc1. The van der Waals surface area contributed by atoms with Gasteiger partial charge in [0.2, 0.25) is 5.91 Å². The number of carbonyl (C=O) groups excluding carboxylic acids is 1. The van der Waals surface area contributed by atoms with E-state index in [1.165, 1.54) is 0 Å². The van der Waals surface area contributed by atoms with Crippen molar-refractivity contribution in [2.45, 2.75) is 18.8 Å². The summed E-state index contributed by atoms with van der Waals surface area (Å²) in [5.74, 6) is -0.00815. The van der Waals surface area contributed by atoms with Crippen LogP contribution in [-0.4, -0.2) is 13.0 Å². The molecule has 0 aromatic heterocycles. The van der Waals surface area contributed by atoms with Crippen molar-refractivity contribution in [3.63, 3.8) is 0 Å². The Kier molecular flexibility index (Phi) is 3.67. The van der Waals surface area contributed by atoms with E-state index in [0.717, 1.165) is 5.56 Å². The van der Waals surface area contributed by atoms with Crippen molar-refractivity contribution in [2.75, 3.05) is 7.05 Å². The third-order valence-electron chi connectivity index (χ3n) is 2.83. The van der Waals surface area contributed by atoms with Crippen molar-refractivity contribution in [3.8, 4) is 0 Å². The molecule has 1 atom stereocenters. The quantitative estimate of drug-likeness (QED) is 0.747. The molecule has 0 aliphatic rings. The summed E-state index contributed by atoms with van der Waals surface area (Å²) < 4.78 is 0. The lowest BCUT2D eigenvalue weighted by Crippen LogP contribution is -2.40. The van der Waals surface area contributed by atoms with E-state index in [1.54, 1.807) is 13.1 Å². The van der Waals surface area contributed by atoms with Crippen LogP contribution >= 0.6 is 0 Å². The molecule has 15 heavy (non-hydrogen) atoms. The summed E-state index contributed by atoms with van der Waals surface area (Å²) in [6.07, 6.45) is 2.43. The lowest BCUT2D eigenvalue weighted by molar-refractivity contribution is -0.124. The molecule has 1 aromatic rings. The normalized spacial score (nSPS) is 14.0. The van der Waals surface area contributed by atoms with Gasteiger partial charge in [0.25, 0.3) is 0 Å². The van der Waals surface area contributed by atoms with Crippen molar-refractivity contribution < 1.29 is 4.79 Å². The van der Waals surface area contributed by atoms with E-state index >= 15 is 0 Å². The van der Waals surface area contributed by atoms with Crippen molar-refractivity contribution in [3.05, 3.63) is 48.6 Å². The zero-order chi connectivity index (χ0) is 11.3. The molecule has 2 nitrogen and oxygen atoms in total. The molecule has 0 radical (unpaired) electrons. The molecule has 80 valence electrons. The van der Waals surface area contributed by atoms with Gasteiger partial charge in [-0.3, -0.25) is 4.79 Å². The molecular weight excluding hydrogens is 186 g/mol. The van der Waals surface area contributed by atoms with E-state index in [2.05, 4.69) is 11.9 Å². The monoisotopic (exact) mass is 203 g/mol. The maximum atomic E-state index is 11.9. The second-order valence-electron chi connectivity index (χ2n) is 3.47. The number of benzene rings is 1. The molecule has 0 spiro atoms. The van der Waals surface area contributed by atoms with E-state index in [0.29, 0.717) is 6.42 Å². The Bertz CT molecular complexity index is 345. The second kappa shape index (κ2) is 4.78. The Morgan fingerprint density at radius 2 is 2.07 bits per heavy atom. The van der Waals surface area contributed by atoms with Gasteiger partial charge in [-0.05, 0) is 12.0 Å². The predicted octanol–water partition coefficient (Wildman–Crippen LogP) is 2.27. The summed E-state index contributed by atoms with van der Waals surface area (Å²) in [6.45, 7) is 5.78. The van der Waals surface area contributed by atoms with Gasteiger partial charge in [0, 0.05) is 7.05 Å². The van der Waals surface area contributed by atoms with Crippen LogP contribution in [0.4, 0.5) is 0 Å². The number of likely N-dealkylation sites (N-methyl/N-ethyl adjacent to an activating group) is 1. The molecule has 1 N–H and O–H groups in total. The van der Waals surface area contributed by atoms with Gasteiger partial charge in [0.15, 0.2) is 0 Å². The Hall–Kier alpha value is -1.57. The molecule has 0 saturated carbocycles. The van der Waals surface area contributed by atoms with Crippen molar-refractivity contribution in [1.82, 2.24) is 5.32 Å². The van der Waals surface area contributed by atoms with Crippen LogP contribution in [0.5, 0.6) is 0 Å². The Balaban J connectivity index is 3.23. The highest BCUT2D eigenvalue weighted by molar-refractivity contribution is 5.90. The fourth-order valence-electron chi connectivity index (χ4n) is 1.81. The van der Waals surface area contributed by atoms with Gasteiger partial charge < -0.3 is 5.32 Å². The molecule has 0 aliphatic carbocycles. The molecule has 0 heterocycles. The fraction of sp³-hybridized carbons (Fsp3) is 0.308. The van der Waals surface area contributed by atoms with Crippen LogP contribution < -0.4 is 5.32 Å². The van der Waals surface area contributed by atoms with E-state index in [-0.39, 0.29) is 5.91 Å². The number of nitrogens with one attached hydrogen (secondary N) is 1. The van der Waals surface area contributed by atoms with Gasteiger partial charge >= 0.3 is 0 Å². The molecule has 1 amide bonds. The first kappa shape index (κ1) is 11.5. The maximum Gasteiger partial charge on any atom is 0.234 e. The number of rotatable bonds is 4. The molecule has 1 aromatic carbocycles. The van der Waals surface area contributed by atoms with Gasteiger partial charge in [-0.25, -0.2) is 0 Å². The lowest BCUT2D eigenvalue weighted by atomic mass is 9.77. The minimum absolute atomic E-state index is 0.00815. The van der Waals surface area contributed by atoms with Gasteiger partial charge in [-0.2, -0.15) is 0 Å². The first-order valence-corrected chi connectivity index (χ1v) is 5.12. The molecule has 0 saturated heterocycles. The number of hydrogen-bond donors (Lipinski definition) is 1. The number of hydrogen-bond acceptors (Lipinski definition) is 1. The van der Waals surface area contributed by atoms with E-state index in [1.807, 2.05) is 37.3 Å². The topological polar surface area (TPSA) is 29.1 Å². The van der Waals surface area contributed by atoms with Crippen LogP contribution in [0.15, 0.2) is 43.0 Å². The van der Waals surface area contributed by atoms with Gasteiger partial charge in [0.1, 0.15) is 0 Å². The van der Waals surface area contributed by atoms with Crippen LogP contribution in [-0.2, 0) is 10.2 Å². The first-order chi connectivity index (χ1) is 7.21. The van der Waals surface area contributed by atoms with Gasteiger partial charge in [0.05, 0.1) is 5.41 Å². The fourth-order valence-corrected chi connectivity index (χ4v) is 1.81. The lowest BCUT2D eigenvalue weighted by Gasteiger charge is -2.27. The van der Waals surface area contributed by atoms with E-state index in [4.69, 9.17) is 0 Å². The zero-order valence-corrected chi connectivity index (χ0v) is 9.29. The largest absolute Gasteiger partial charge is 0.358 e. The molecule has 0 unspecified atom stereocenters. The second-order valence-corrected chi connectivity index (χ2v) is 3.47. The van der Waals surface area contributed by atoms with Crippen LogP contribution in [0.3, 0.4) is 0 Å². The van der Waals surface area contributed by atoms with Crippen LogP contribution in [0.2, 0.25) is 0 Å². The third kappa shape index (κ3) is 1.94. The summed E-state index contributed by atoms with van der Waals surface area (Å²) in [4.78, 5) is 11.9. The van der Waals surface area contributed by atoms with E-state index in [9.17, 15) is 4.79 Å². The molecule has 0 fully saturated rings. The molecular formula is C13H17NO. The minimum Gasteiger partial charge on any atom is -0.358 e. The summed E-state index contributed by atoms with van der Waals surface area (Å²) in [5.41, 5.74) is 0.387. The third-order valence-corrected chi connectivity index (χ3v) is 2.83. The average molecular weight is 203 g/mol. The summed E-state index contributed by atoms with van der Waals surface area (Å²) in [7, 11) is 1.65. The highest BCUT2D eigenvalue weighted by atomic mass is 16.2.